The maximum absolute atomic E-state index is 11.6. The van der Waals surface area contributed by atoms with Crippen molar-refractivity contribution in [3.63, 3.8) is 0 Å². The van der Waals surface area contributed by atoms with Crippen LogP contribution in [0, 0.1) is 0 Å². The van der Waals surface area contributed by atoms with Crippen molar-refractivity contribution in [1.29, 1.82) is 0 Å². The topological polar surface area (TPSA) is 134 Å². The molecule has 0 aliphatic heterocycles. The minimum atomic E-state index is -1.02. The van der Waals surface area contributed by atoms with Crippen molar-refractivity contribution < 1.29 is 24.6 Å². The SMILES string of the molecule is N[C@@H](Cc1ccc(Oc2ccc(CNCc3ccc4cc(C(=O)NO)sc4c3)cc2)cc1)C(=O)O. The number of rotatable bonds is 10. The molecule has 1 aromatic heterocycles. The van der Waals surface area contributed by atoms with Gasteiger partial charge in [-0.15, -0.1) is 11.3 Å². The molecule has 180 valence electrons. The highest BCUT2D eigenvalue weighted by atomic mass is 32.1. The number of carbonyl (C=O) groups excluding carboxylic acids is 1. The first-order valence-electron chi connectivity index (χ1n) is 10.9. The fourth-order valence-corrected chi connectivity index (χ4v) is 4.57. The molecule has 0 spiro atoms. The highest BCUT2D eigenvalue weighted by Gasteiger charge is 2.12. The van der Waals surface area contributed by atoms with Gasteiger partial charge in [0, 0.05) is 17.8 Å². The van der Waals surface area contributed by atoms with E-state index in [1.54, 1.807) is 23.7 Å². The lowest BCUT2D eigenvalue weighted by molar-refractivity contribution is -0.138. The minimum Gasteiger partial charge on any atom is -0.480 e. The van der Waals surface area contributed by atoms with Crippen molar-refractivity contribution in [2.24, 2.45) is 5.73 Å². The van der Waals surface area contributed by atoms with Gasteiger partial charge in [0.25, 0.3) is 5.91 Å². The zero-order valence-corrected chi connectivity index (χ0v) is 19.5. The van der Waals surface area contributed by atoms with Gasteiger partial charge in [-0.05, 0) is 64.9 Å². The van der Waals surface area contributed by atoms with Crippen molar-refractivity contribution in [3.05, 3.63) is 94.4 Å². The molecular weight excluding hydrogens is 466 g/mol. The van der Waals surface area contributed by atoms with Gasteiger partial charge in [-0.2, -0.15) is 0 Å². The Bertz CT molecular complexity index is 1320. The number of thiophene rings is 1. The molecule has 1 amide bonds. The molecule has 35 heavy (non-hydrogen) atoms. The third-order valence-corrected chi connectivity index (χ3v) is 6.52. The van der Waals surface area contributed by atoms with Crippen molar-refractivity contribution in [3.8, 4) is 11.5 Å². The summed E-state index contributed by atoms with van der Waals surface area (Å²) in [5.74, 6) is -0.163. The highest BCUT2D eigenvalue weighted by molar-refractivity contribution is 7.20. The molecule has 3 aromatic carbocycles. The van der Waals surface area contributed by atoms with Crippen LogP contribution in [0.25, 0.3) is 10.1 Å². The predicted molar refractivity (Wildman–Crippen MR) is 134 cm³/mol. The van der Waals surface area contributed by atoms with Crippen molar-refractivity contribution in [2.75, 3.05) is 0 Å². The van der Waals surface area contributed by atoms with Gasteiger partial charge in [-0.25, -0.2) is 5.48 Å². The van der Waals surface area contributed by atoms with Gasteiger partial charge >= 0.3 is 5.97 Å². The summed E-state index contributed by atoms with van der Waals surface area (Å²) in [6.07, 6.45) is 0.264. The Kier molecular flexibility index (Phi) is 7.74. The van der Waals surface area contributed by atoms with Crippen LogP contribution in [0.3, 0.4) is 0 Å². The second-order valence-electron chi connectivity index (χ2n) is 8.07. The van der Waals surface area contributed by atoms with Crippen molar-refractivity contribution in [2.45, 2.75) is 25.6 Å². The van der Waals surface area contributed by atoms with Crippen LogP contribution in [-0.2, 0) is 24.3 Å². The van der Waals surface area contributed by atoms with Gasteiger partial charge in [0.2, 0.25) is 0 Å². The van der Waals surface area contributed by atoms with Gasteiger partial charge in [0.15, 0.2) is 0 Å². The van der Waals surface area contributed by atoms with Gasteiger partial charge < -0.3 is 20.9 Å². The molecule has 6 N–H and O–H groups in total. The van der Waals surface area contributed by atoms with E-state index in [4.69, 9.17) is 20.8 Å². The maximum atomic E-state index is 11.6. The largest absolute Gasteiger partial charge is 0.480 e. The number of carboxylic acid groups (broad SMARTS) is 1. The average molecular weight is 492 g/mol. The average Bonchev–Trinajstić information content (AvgIpc) is 3.29. The van der Waals surface area contributed by atoms with E-state index in [0.29, 0.717) is 29.5 Å². The fourth-order valence-electron chi connectivity index (χ4n) is 3.55. The Morgan fingerprint density at radius 3 is 2.11 bits per heavy atom. The van der Waals surface area contributed by atoms with E-state index in [2.05, 4.69) is 5.32 Å². The number of nitrogens with two attached hydrogens (primary N) is 1. The van der Waals surface area contributed by atoms with Gasteiger partial charge in [-0.3, -0.25) is 14.8 Å². The summed E-state index contributed by atoms with van der Waals surface area (Å²) in [6, 6.07) is 21.9. The monoisotopic (exact) mass is 491 g/mol. The summed E-state index contributed by atoms with van der Waals surface area (Å²) in [7, 11) is 0. The number of fused-ring (bicyclic) bond motifs is 1. The number of hydrogen-bond acceptors (Lipinski definition) is 7. The summed E-state index contributed by atoms with van der Waals surface area (Å²) in [5, 5.41) is 22.1. The molecule has 8 nitrogen and oxygen atoms in total. The number of benzene rings is 3. The first-order chi connectivity index (χ1) is 16.9. The smallest absolute Gasteiger partial charge is 0.320 e. The maximum Gasteiger partial charge on any atom is 0.320 e. The van der Waals surface area contributed by atoms with Crippen LogP contribution >= 0.6 is 11.3 Å². The highest BCUT2D eigenvalue weighted by Crippen LogP contribution is 2.27. The molecule has 1 heterocycles. The van der Waals surface area contributed by atoms with E-state index in [0.717, 1.165) is 26.8 Å². The summed E-state index contributed by atoms with van der Waals surface area (Å²) >= 11 is 1.34. The zero-order valence-electron chi connectivity index (χ0n) is 18.7. The second-order valence-corrected chi connectivity index (χ2v) is 9.15. The molecular formula is C26H25N3O5S. The van der Waals surface area contributed by atoms with Crippen LogP contribution < -0.4 is 21.3 Å². The third-order valence-electron chi connectivity index (χ3n) is 5.42. The van der Waals surface area contributed by atoms with Crippen LogP contribution in [0.15, 0.2) is 72.8 Å². The van der Waals surface area contributed by atoms with Crippen molar-refractivity contribution in [1.82, 2.24) is 10.8 Å². The molecule has 0 aliphatic rings. The number of nitrogens with one attached hydrogen (secondary N) is 2. The molecule has 0 aliphatic carbocycles. The van der Waals surface area contributed by atoms with Gasteiger partial charge in [-0.1, -0.05) is 36.4 Å². The van der Waals surface area contributed by atoms with Crippen molar-refractivity contribution >= 4 is 33.3 Å². The molecule has 4 rings (SSSR count). The fraction of sp³-hybridized carbons (Fsp3) is 0.154. The first-order valence-corrected chi connectivity index (χ1v) is 11.7. The van der Waals surface area contributed by atoms with E-state index < -0.39 is 17.9 Å². The summed E-state index contributed by atoms with van der Waals surface area (Å²) in [4.78, 5) is 22.9. The number of amides is 1. The van der Waals surface area contributed by atoms with Gasteiger partial charge in [0.05, 0.1) is 4.88 Å². The molecule has 0 fully saturated rings. The van der Waals surface area contributed by atoms with Crippen LogP contribution in [0.1, 0.15) is 26.4 Å². The number of carbonyl (C=O) groups is 2. The molecule has 4 aromatic rings. The summed E-state index contributed by atoms with van der Waals surface area (Å²) in [5.41, 5.74) is 10.3. The van der Waals surface area contributed by atoms with E-state index in [1.165, 1.54) is 11.3 Å². The lowest BCUT2D eigenvalue weighted by Gasteiger charge is -2.10. The van der Waals surface area contributed by atoms with Crippen LogP contribution in [0.5, 0.6) is 11.5 Å². The third kappa shape index (κ3) is 6.43. The van der Waals surface area contributed by atoms with E-state index in [9.17, 15) is 9.59 Å². The molecule has 9 heteroatoms. The number of ether oxygens (including phenoxy) is 1. The normalized spacial score (nSPS) is 11.8. The number of hydroxylamine groups is 1. The summed E-state index contributed by atoms with van der Waals surface area (Å²) < 4.78 is 6.86. The predicted octanol–water partition coefficient (Wildman–Crippen LogP) is 4.06. The Morgan fingerprint density at radius 1 is 0.886 bits per heavy atom. The van der Waals surface area contributed by atoms with E-state index >= 15 is 0 Å². The number of carboxylic acids is 1. The summed E-state index contributed by atoms with van der Waals surface area (Å²) in [6.45, 7) is 1.35. The zero-order chi connectivity index (χ0) is 24.8. The van der Waals surface area contributed by atoms with Gasteiger partial charge in [0.1, 0.15) is 17.5 Å². The lowest BCUT2D eigenvalue weighted by Crippen LogP contribution is -2.32. The van der Waals surface area contributed by atoms with Crippen LogP contribution in [0.2, 0.25) is 0 Å². The molecule has 1 atom stereocenters. The Labute approximate surface area is 205 Å². The molecule has 0 saturated carbocycles. The Balaban J connectivity index is 1.28. The first kappa shape index (κ1) is 24.4. The Hall–Kier alpha value is -3.76. The van der Waals surface area contributed by atoms with E-state index in [1.807, 2.05) is 54.6 Å². The molecule has 0 bridgehead atoms. The second kappa shape index (κ2) is 11.1. The molecule has 0 radical (unpaired) electrons. The quantitative estimate of drug-likeness (QED) is 0.167. The molecule has 0 unspecified atom stereocenters. The molecule has 0 saturated heterocycles. The lowest BCUT2D eigenvalue weighted by atomic mass is 10.1. The minimum absolute atomic E-state index is 0.264. The van der Waals surface area contributed by atoms with Crippen LogP contribution in [-0.4, -0.2) is 28.2 Å². The Morgan fingerprint density at radius 2 is 1.49 bits per heavy atom. The van der Waals surface area contributed by atoms with Crippen LogP contribution in [0.4, 0.5) is 0 Å². The number of aliphatic carboxylic acids is 1. The van der Waals surface area contributed by atoms with E-state index in [-0.39, 0.29) is 6.42 Å². The standard InChI is InChI=1S/C26H25N3O5S/c27-22(26(31)32)11-16-2-7-20(8-3-16)34-21-9-4-17(5-10-21)14-28-15-18-1-6-19-13-24(25(30)29-33)35-23(19)12-18/h1-10,12-13,22,28,33H,11,14-15,27H2,(H,29,30)(H,31,32)/t22-/m0/s1. The number of hydrogen-bond donors (Lipinski definition) is 5.